The fourth-order valence-corrected chi connectivity index (χ4v) is 1.88. The van der Waals surface area contributed by atoms with E-state index >= 15 is 0 Å². The van der Waals surface area contributed by atoms with Crippen LogP contribution in [0.2, 0.25) is 0 Å². The van der Waals surface area contributed by atoms with Crippen molar-refractivity contribution in [1.82, 2.24) is 9.88 Å². The molecule has 6 nitrogen and oxygen atoms in total. The van der Waals surface area contributed by atoms with E-state index in [1.807, 2.05) is 0 Å². The van der Waals surface area contributed by atoms with Gasteiger partial charge in [-0.25, -0.2) is 0 Å². The summed E-state index contributed by atoms with van der Waals surface area (Å²) in [4.78, 5) is 29.3. The SMILES string of the molecule is COc1ccc(NC(=O)CN(C)C(=O)c2ccncc2)cc1. The molecule has 0 spiro atoms. The highest BCUT2D eigenvalue weighted by Gasteiger charge is 2.14. The Balaban J connectivity index is 1.92. The Bertz CT molecular complexity index is 641. The number of ether oxygens (including phenoxy) is 1. The Morgan fingerprint density at radius 3 is 2.36 bits per heavy atom. The van der Waals surface area contributed by atoms with Crippen LogP contribution in [0.25, 0.3) is 0 Å². The number of pyridine rings is 1. The molecule has 2 amide bonds. The molecule has 1 heterocycles. The summed E-state index contributed by atoms with van der Waals surface area (Å²) in [6.45, 7) is -0.0345. The maximum atomic E-state index is 12.1. The monoisotopic (exact) mass is 299 g/mol. The minimum absolute atomic E-state index is 0.0345. The minimum Gasteiger partial charge on any atom is -0.497 e. The molecular weight excluding hydrogens is 282 g/mol. The quantitative estimate of drug-likeness (QED) is 0.914. The van der Waals surface area contributed by atoms with Crippen LogP contribution in [0.3, 0.4) is 0 Å². The third-order valence-electron chi connectivity index (χ3n) is 3.03. The van der Waals surface area contributed by atoms with Crippen molar-refractivity contribution in [1.29, 1.82) is 0 Å². The summed E-state index contributed by atoms with van der Waals surface area (Å²) in [5.74, 6) is 0.213. The van der Waals surface area contributed by atoms with Gasteiger partial charge in [0.1, 0.15) is 5.75 Å². The number of rotatable bonds is 5. The molecule has 1 aromatic carbocycles. The molecule has 1 N–H and O–H groups in total. The topological polar surface area (TPSA) is 71.5 Å². The van der Waals surface area contributed by atoms with Gasteiger partial charge < -0.3 is 15.0 Å². The number of carbonyl (C=O) groups excluding carboxylic acids is 2. The molecule has 0 saturated heterocycles. The molecule has 114 valence electrons. The lowest BCUT2D eigenvalue weighted by Gasteiger charge is -2.16. The van der Waals surface area contributed by atoms with E-state index in [0.717, 1.165) is 0 Å². The van der Waals surface area contributed by atoms with E-state index in [4.69, 9.17) is 4.74 Å². The predicted octanol–water partition coefficient (Wildman–Crippen LogP) is 1.80. The number of nitrogens with zero attached hydrogens (tertiary/aromatic N) is 2. The molecule has 22 heavy (non-hydrogen) atoms. The van der Waals surface area contributed by atoms with Crippen LogP contribution in [0.4, 0.5) is 5.69 Å². The van der Waals surface area contributed by atoms with Crippen molar-refractivity contribution >= 4 is 17.5 Å². The summed E-state index contributed by atoms with van der Waals surface area (Å²) in [5, 5.41) is 2.73. The highest BCUT2D eigenvalue weighted by molar-refractivity contribution is 5.99. The number of hydrogen-bond acceptors (Lipinski definition) is 4. The minimum atomic E-state index is -0.268. The van der Waals surface area contributed by atoms with Crippen LogP contribution in [-0.2, 0) is 4.79 Å². The van der Waals surface area contributed by atoms with Crippen LogP contribution in [-0.4, -0.2) is 42.4 Å². The maximum absolute atomic E-state index is 12.1. The van der Waals surface area contributed by atoms with E-state index in [1.165, 1.54) is 4.90 Å². The van der Waals surface area contributed by atoms with Gasteiger partial charge in [-0.3, -0.25) is 14.6 Å². The number of methoxy groups -OCH3 is 1. The molecule has 6 heteroatoms. The second-order valence-electron chi connectivity index (χ2n) is 4.67. The molecule has 0 aliphatic heterocycles. The van der Waals surface area contributed by atoms with Gasteiger partial charge in [0.15, 0.2) is 0 Å². The molecule has 1 aromatic heterocycles. The normalized spacial score (nSPS) is 9.91. The summed E-state index contributed by atoms with van der Waals surface area (Å²) in [6, 6.07) is 10.2. The van der Waals surface area contributed by atoms with E-state index in [0.29, 0.717) is 17.0 Å². The Labute approximate surface area is 128 Å². The first-order valence-corrected chi connectivity index (χ1v) is 6.69. The molecule has 0 fully saturated rings. The first-order valence-electron chi connectivity index (χ1n) is 6.69. The van der Waals surface area contributed by atoms with Gasteiger partial charge in [-0.2, -0.15) is 0 Å². The Morgan fingerprint density at radius 1 is 1.14 bits per heavy atom. The average Bonchev–Trinajstić information content (AvgIpc) is 2.55. The van der Waals surface area contributed by atoms with Crippen molar-refractivity contribution in [3.63, 3.8) is 0 Å². The smallest absolute Gasteiger partial charge is 0.254 e. The van der Waals surface area contributed by atoms with Crippen LogP contribution < -0.4 is 10.1 Å². The van der Waals surface area contributed by atoms with Crippen LogP contribution in [0.1, 0.15) is 10.4 Å². The standard InChI is InChI=1S/C16H17N3O3/c1-19(16(21)12-7-9-17-10-8-12)11-15(20)18-13-3-5-14(22-2)6-4-13/h3-10H,11H2,1-2H3,(H,18,20). The lowest BCUT2D eigenvalue weighted by molar-refractivity contribution is -0.116. The van der Waals surface area contributed by atoms with Crippen molar-refractivity contribution in [2.24, 2.45) is 0 Å². The average molecular weight is 299 g/mol. The van der Waals surface area contributed by atoms with Gasteiger partial charge in [0.25, 0.3) is 5.91 Å². The van der Waals surface area contributed by atoms with E-state index in [-0.39, 0.29) is 18.4 Å². The fraction of sp³-hybridized carbons (Fsp3) is 0.188. The first-order chi connectivity index (χ1) is 10.6. The van der Waals surface area contributed by atoms with Crippen LogP contribution >= 0.6 is 0 Å². The number of nitrogens with one attached hydrogen (secondary N) is 1. The molecule has 0 aliphatic rings. The number of hydrogen-bond donors (Lipinski definition) is 1. The van der Waals surface area contributed by atoms with Gasteiger partial charge in [-0.05, 0) is 36.4 Å². The Hall–Kier alpha value is -2.89. The fourth-order valence-electron chi connectivity index (χ4n) is 1.88. The largest absolute Gasteiger partial charge is 0.497 e. The molecule has 0 bridgehead atoms. The Morgan fingerprint density at radius 2 is 1.77 bits per heavy atom. The summed E-state index contributed by atoms with van der Waals surface area (Å²) in [6.07, 6.45) is 3.08. The van der Waals surface area contributed by atoms with Gasteiger partial charge in [-0.1, -0.05) is 0 Å². The Kier molecular flexibility index (Phi) is 5.08. The second-order valence-corrected chi connectivity index (χ2v) is 4.67. The van der Waals surface area contributed by atoms with E-state index < -0.39 is 0 Å². The highest BCUT2D eigenvalue weighted by atomic mass is 16.5. The number of amides is 2. The number of aromatic nitrogens is 1. The highest BCUT2D eigenvalue weighted by Crippen LogP contribution is 2.14. The second kappa shape index (κ2) is 7.21. The van der Waals surface area contributed by atoms with Gasteiger partial charge in [0, 0.05) is 30.7 Å². The molecule has 0 unspecified atom stereocenters. The van der Waals surface area contributed by atoms with E-state index in [2.05, 4.69) is 10.3 Å². The predicted molar refractivity (Wildman–Crippen MR) is 82.8 cm³/mol. The maximum Gasteiger partial charge on any atom is 0.254 e. The molecule has 2 rings (SSSR count). The summed E-state index contributed by atoms with van der Waals surface area (Å²) in [5.41, 5.74) is 1.14. The molecule has 0 atom stereocenters. The zero-order valence-electron chi connectivity index (χ0n) is 12.4. The molecule has 0 radical (unpaired) electrons. The lowest BCUT2D eigenvalue weighted by Crippen LogP contribution is -2.34. The summed E-state index contributed by atoms with van der Waals surface area (Å²) >= 11 is 0. The number of likely N-dealkylation sites (N-methyl/N-ethyl adjacent to an activating group) is 1. The third-order valence-corrected chi connectivity index (χ3v) is 3.03. The van der Waals surface area contributed by atoms with Gasteiger partial charge >= 0.3 is 0 Å². The van der Waals surface area contributed by atoms with Crippen molar-refractivity contribution in [3.05, 3.63) is 54.4 Å². The van der Waals surface area contributed by atoms with Gasteiger partial charge in [-0.15, -0.1) is 0 Å². The van der Waals surface area contributed by atoms with Gasteiger partial charge in [0.2, 0.25) is 5.91 Å². The summed E-state index contributed by atoms with van der Waals surface area (Å²) in [7, 11) is 3.16. The van der Waals surface area contributed by atoms with E-state index in [1.54, 1.807) is 62.9 Å². The number of benzene rings is 1. The van der Waals surface area contributed by atoms with E-state index in [9.17, 15) is 9.59 Å². The zero-order valence-corrected chi connectivity index (χ0v) is 12.4. The van der Waals surface area contributed by atoms with Crippen molar-refractivity contribution < 1.29 is 14.3 Å². The first kappa shape index (κ1) is 15.5. The number of carbonyl (C=O) groups is 2. The zero-order chi connectivity index (χ0) is 15.9. The number of anilines is 1. The summed E-state index contributed by atoms with van der Waals surface area (Å²) < 4.78 is 5.05. The molecule has 0 aliphatic carbocycles. The van der Waals surface area contributed by atoms with Crippen LogP contribution in [0.5, 0.6) is 5.75 Å². The molecule has 0 saturated carbocycles. The van der Waals surface area contributed by atoms with Crippen molar-refractivity contribution in [3.8, 4) is 5.75 Å². The third kappa shape index (κ3) is 4.05. The lowest BCUT2D eigenvalue weighted by atomic mass is 10.2. The van der Waals surface area contributed by atoms with Crippen molar-refractivity contribution in [2.75, 3.05) is 26.0 Å². The van der Waals surface area contributed by atoms with Gasteiger partial charge in [0.05, 0.1) is 13.7 Å². The van der Waals surface area contributed by atoms with Crippen LogP contribution in [0.15, 0.2) is 48.8 Å². The van der Waals surface area contributed by atoms with Crippen LogP contribution in [0, 0.1) is 0 Å². The van der Waals surface area contributed by atoms with Crippen molar-refractivity contribution in [2.45, 2.75) is 0 Å². The molecule has 2 aromatic rings. The molecular formula is C16H17N3O3.